The largest absolute Gasteiger partial charge is 0.350 e. The molecule has 116 valence electrons. The van der Waals surface area contributed by atoms with Gasteiger partial charge in [0.05, 0.1) is 6.54 Å². The number of hydrogen-bond donors (Lipinski definition) is 1. The maximum atomic E-state index is 12.1. The second kappa shape index (κ2) is 6.55. The molecule has 0 aliphatic carbocycles. The lowest BCUT2D eigenvalue weighted by Crippen LogP contribution is -2.46. The van der Waals surface area contributed by atoms with E-state index in [2.05, 4.69) is 20.3 Å². The number of hydrogen-bond acceptors (Lipinski definition) is 5. The van der Waals surface area contributed by atoms with Crippen LogP contribution < -0.4 is 5.32 Å². The Morgan fingerprint density at radius 2 is 2.00 bits per heavy atom. The number of aromatic nitrogens is 2. The van der Waals surface area contributed by atoms with Crippen molar-refractivity contribution >= 4 is 11.9 Å². The molecule has 1 aliphatic heterocycles. The van der Waals surface area contributed by atoms with E-state index in [1.165, 1.54) is 0 Å². The summed E-state index contributed by atoms with van der Waals surface area (Å²) < 4.78 is 4.59. The Hall–Kier alpha value is -2.12. The Labute approximate surface area is 123 Å². The first-order valence-corrected chi connectivity index (χ1v) is 7.01. The second-order valence-electron chi connectivity index (χ2n) is 5.45. The number of urea groups is 1. The molecule has 1 aromatic heterocycles. The topological polar surface area (TPSA) is 91.6 Å². The predicted molar refractivity (Wildman–Crippen MR) is 74.3 cm³/mol. The van der Waals surface area contributed by atoms with Gasteiger partial charge in [0, 0.05) is 33.1 Å². The summed E-state index contributed by atoms with van der Waals surface area (Å²) in [4.78, 5) is 27.3. The number of rotatable bonds is 3. The summed E-state index contributed by atoms with van der Waals surface area (Å²) in [7, 11) is 3.46. The molecule has 0 aromatic carbocycles. The third kappa shape index (κ3) is 3.71. The molecule has 1 aliphatic rings. The van der Waals surface area contributed by atoms with Crippen molar-refractivity contribution in [2.75, 3.05) is 27.2 Å². The Morgan fingerprint density at radius 1 is 1.33 bits per heavy atom. The van der Waals surface area contributed by atoms with Crippen molar-refractivity contribution < 1.29 is 14.2 Å². The fraction of sp³-hybridized carbons (Fsp3) is 0.692. The van der Waals surface area contributed by atoms with Crippen LogP contribution in [0, 0.1) is 12.8 Å². The molecule has 0 radical (unpaired) electrons. The van der Waals surface area contributed by atoms with Crippen molar-refractivity contribution in [3.8, 4) is 0 Å². The molecule has 1 N–H and O–H groups in total. The summed E-state index contributed by atoms with van der Waals surface area (Å²) in [6.07, 6.45) is 1.36. The fourth-order valence-electron chi connectivity index (χ4n) is 2.34. The molecule has 2 heterocycles. The van der Waals surface area contributed by atoms with Gasteiger partial charge in [-0.25, -0.2) is 9.42 Å². The standard InChI is InChI=1S/C13H21N5O3/c1-9-11(16-21-15-9)8-14-12(19)10-4-6-18(7-5-10)13(20)17(2)3/h10H,4-8H2,1-3H3,(H,14,19). The van der Waals surface area contributed by atoms with E-state index in [9.17, 15) is 9.59 Å². The van der Waals surface area contributed by atoms with Gasteiger partial charge in [-0.3, -0.25) is 4.79 Å². The van der Waals surface area contributed by atoms with Crippen LogP contribution in [0.2, 0.25) is 0 Å². The van der Waals surface area contributed by atoms with E-state index in [0.717, 1.165) is 0 Å². The minimum atomic E-state index is -0.0589. The molecular formula is C13H21N5O3. The van der Waals surface area contributed by atoms with Gasteiger partial charge in [-0.05, 0) is 19.8 Å². The Morgan fingerprint density at radius 3 is 2.52 bits per heavy atom. The highest BCUT2D eigenvalue weighted by Gasteiger charge is 2.27. The molecular weight excluding hydrogens is 274 g/mol. The van der Waals surface area contributed by atoms with Crippen LogP contribution in [0.15, 0.2) is 4.63 Å². The maximum Gasteiger partial charge on any atom is 0.319 e. The fourth-order valence-corrected chi connectivity index (χ4v) is 2.34. The molecule has 8 nitrogen and oxygen atoms in total. The number of carbonyl (C=O) groups excluding carboxylic acids is 2. The number of aryl methyl sites for hydroxylation is 1. The highest BCUT2D eigenvalue weighted by Crippen LogP contribution is 2.18. The SMILES string of the molecule is Cc1nonc1CNC(=O)C1CCN(C(=O)N(C)C)CC1. The minimum absolute atomic E-state index is 0.00171. The molecule has 0 unspecified atom stereocenters. The predicted octanol–water partition coefficient (Wildman–Crippen LogP) is 0.388. The summed E-state index contributed by atoms with van der Waals surface area (Å²) >= 11 is 0. The number of piperidine rings is 1. The molecule has 0 saturated carbocycles. The molecule has 0 spiro atoms. The van der Waals surface area contributed by atoms with E-state index >= 15 is 0 Å². The van der Waals surface area contributed by atoms with Gasteiger partial charge in [0.15, 0.2) is 0 Å². The number of likely N-dealkylation sites (tertiary alicyclic amines) is 1. The number of nitrogens with one attached hydrogen (secondary N) is 1. The smallest absolute Gasteiger partial charge is 0.319 e. The van der Waals surface area contributed by atoms with Gasteiger partial charge in [-0.15, -0.1) is 0 Å². The molecule has 8 heteroatoms. The van der Waals surface area contributed by atoms with Crippen LogP contribution in [0.3, 0.4) is 0 Å². The molecule has 0 atom stereocenters. The Kier molecular flexibility index (Phi) is 4.77. The van der Waals surface area contributed by atoms with Gasteiger partial charge in [-0.2, -0.15) is 0 Å². The highest BCUT2D eigenvalue weighted by molar-refractivity contribution is 5.79. The first-order chi connectivity index (χ1) is 9.99. The molecule has 3 amide bonds. The van der Waals surface area contributed by atoms with Crippen LogP contribution in [0.25, 0.3) is 0 Å². The van der Waals surface area contributed by atoms with Gasteiger partial charge >= 0.3 is 6.03 Å². The number of nitrogens with zero attached hydrogens (tertiary/aromatic N) is 4. The van der Waals surface area contributed by atoms with E-state index in [-0.39, 0.29) is 17.9 Å². The molecule has 1 fully saturated rings. The van der Waals surface area contributed by atoms with Crippen LogP contribution >= 0.6 is 0 Å². The summed E-state index contributed by atoms with van der Waals surface area (Å²) in [5.74, 6) is -0.0641. The van der Waals surface area contributed by atoms with Crippen molar-refractivity contribution in [3.63, 3.8) is 0 Å². The molecule has 1 saturated heterocycles. The van der Waals surface area contributed by atoms with E-state index < -0.39 is 0 Å². The van der Waals surface area contributed by atoms with Gasteiger partial charge in [0.25, 0.3) is 0 Å². The number of amides is 3. The van der Waals surface area contributed by atoms with Crippen molar-refractivity contribution in [2.45, 2.75) is 26.3 Å². The summed E-state index contributed by atoms with van der Waals surface area (Å²) in [5, 5.41) is 10.2. The summed E-state index contributed by atoms with van der Waals surface area (Å²) in [6, 6.07) is -0.00171. The quantitative estimate of drug-likeness (QED) is 0.871. The van der Waals surface area contributed by atoms with Crippen LogP contribution in [0.4, 0.5) is 4.79 Å². The first kappa shape index (κ1) is 15.3. The molecule has 21 heavy (non-hydrogen) atoms. The average Bonchev–Trinajstić information content (AvgIpc) is 2.89. The van der Waals surface area contributed by atoms with Crippen molar-refractivity contribution in [1.82, 2.24) is 25.4 Å². The van der Waals surface area contributed by atoms with Crippen LogP contribution in [-0.2, 0) is 11.3 Å². The molecule has 1 aromatic rings. The third-order valence-electron chi connectivity index (χ3n) is 3.70. The van der Waals surface area contributed by atoms with Gasteiger partial charge in [-0.1, -0.05) is 10.3 Å². The zero-order chi connectivity index (χ0) is 15.4. The third-order valence-corrected chi connectivity index (χ3v) is 3.70. The van der Waals surface area contributed by atoms with Gasteiger partial charge in [0.2, 0.25) is 5.91 Å². The lowest BCUT2D eigenvalue weighted by molar-refractivity contribution is -0.126. The maximum absolute atomic E-state index is 12.1. The second-order valence-corrected chi connectivity index (χ2v) is 5.45. The molecule has 2 rings (SSSR count). The average molecular weight is 295 g/mol. The van der Waals surface area contributed by atoms with Crippen molar-refractivity contribution in [2.24, 2.45) is 5.92 Å². The molecule has 0 bridgehead atoms. The zero-order valence-corrected chi connectivity index (χ0v) is 12.6. The normalized spacial score (nSPS) is 15.9. The lowest BCUT2D eigenvalue weighted by atomic mass is 9.96. The van der Waals surface area contributed by atoms with E-state index in [0.29, 0.717) is 43.9 Å². The lowest BCUT2D eigenvalue weighted by Gasteiger charge is -2.33. The Bertz CT molecular complexity index is 506. The van der Waals surface area contributed by atoms with Gasteiger partial charge in [0.1, 0.15) is 11.4 Å². The van der Waals surface area contributed by atoms with Crippen molar-refractivity contribution in [1.29, 1.82) is 0 Å². The van der Waals surface area contributed by atoms with E-state index in [1.807, 2.05) is 0 Å². The first-order valence-electron chi connectivity index (χ1n) is 7.01. The highest BCUT2D eigenvalue weighted by atomic mass is 16.6. The number of carbonyl (C=O) groups is 2. The Balaban J connectivity index is 1.78. The van der Waals surface area contributed by atoms with Crippen LogP contribution in [0.5, 0.6) is 0 Å². The zero-order valence-electron chi connectivity index (χ0n) is 12.6. The monoisotopic (exact) mass is 295 g/mol. The van der Waals surface area contributed by atoms with Crippen LogP contribution in [0.1, 0.15) is 24.2 Å². The van der Waals surface area contributed by atoms with E-state index in [1.54, 1.807) is 30.8 Å². The van der Waals surface area contributed by atoms with Crippen LogP contribution in [-0.4, -0.2) is 59.2 Å². The minimum Gasteiger partial charge on any atom is -0.350 e. The van der Waals surface area contributed by atoms with Gasteiger partial charge < -0.3 is 15.1 Å². The summed E-state index contributed by atoms with van der Waals surface area (Å²) in [6.45, 7) is 3.33. The summed E-state index contributed by atoms with van der Waals surface area (Å²) in [5.41, 5.74) is 1.32. The van der Waals surface area contributed by atoms with Crippen molar-refractivity contribution in [3.05, 3.63) is 11.4 Å². The van der Waals surface area contributed by atoms with E-state index in [4.69, 9.17) is 0 Å².